The zero-order valence-electron chi connectivity index (χ0n) is 13.4. The van der Waals surface area contributed by atoms with E-state index in [2.05, 4.69) is 15.9 Å². The number of benzene rings is 1. The van der Waals surface area contributed by atoms with Gasteiger partial charge in [-0.25, -0.2) is 0 Å². The van der Waals surface area contributed by atoms with Crippen LogP contribution >= 0.6 is 15.9 Å². The summed E-state index contributed by atoms with van der Waals surface area (Å²) < 4.78 is 12.4. The molecule has 0 N–H and O–H groups in total. The van der Waals surface area contributed by atoms with E-state index in [-0.39, 0.29) is 24.1 Å². The standard InChI is InChI=1S/C18H18BrNO4/c1-10(2)23-17(22)14-13-7-8-18(24-13)9-20(16(21)15(14)18)12-5-3-11(19)4-6-12/h3-8,10,13-15H,9H2,1-2H3/t13-,14-,15-,18-/m0/s1. The van der Waals surface area contributed by atoms with Gasteiger partial charge in [-0.05, 0) is 38.1 Å². The Balaban J connectivity index is 1.66. The molecule has 3 heterocycles. The van der Waals surface area contributed by atoms with Crippen molar-refractivity contribution in [3.05, 3.63) is 40.9 Å². The highest BCUT2D eigenvalue weighted by atomic mass is 79.9. The summed E-state index contributed by atoms with van der Waals surface area (Å²) >= 11 is 3.40. The molecule has 3 aliphatic heterocycles. The summed E-state index contributed by atoms with van der Waals surface area (Å²) in [4.78, 5) is 27.3. The maximum absolute atomic E-state index is 13.1. The summed E-state index contributed by atoms with van der Waals surface area (Å²) in [6.07, 6.45) is 3.26. The normalized spacial score (nSPS) is 33.4. The smallest absolute Gasteiger partial charge is 0.313 e. The van der Waals surface area contributed by atoms with Gasteiger partial charge in [0.25, 0.3) is 0 Å². The number of anilines is 1. The van der Waals surface area contributed by atoms with Crippen molar-refractivity contribution >= 4 is 33.5 Å². The van der Waals surface area contributed by atoms with Gasteiger partial charge in [-0.2, -0.15) is 0 Å². The third-order valence-electron chi connectivity index (χ3n) is 4.86. The molecule has 1 spiro atoms. The Labute approximate surface area is 148 Å². The quantitative estimate of drug-likeness (QED) is 0.587. The Morgan fingerprint density at radius 1 is 1.38 bits per heavy atom. The predicted octanol–water partition coefficient (Wildman–Crippen LogP) is 2.69. The maximum Gasteiger partial charge on any atom is 0.313 e. The lowest BCUT2D eigenvalue weighted by Gasteiger charge is -2.23. The van der Waals surface area contributed by atoms with Crippen LogP contribution in [0.2, 0.25) is 0 Å². The molecule has 2 saturated heterocycles. The van der Waals surface area contributed by atoms with Crippen molar-refractivity contribution in [3.63, 3.8) is 0 Å². The van der Waals surface area contributed by atoms with Crippen LogP contribution in [0.5, 0.6) is 0 Å². The average Bonchev–Trinajstić information content (AvgIpc) is 3.16. The van der Waals surface area contributed by atoms with Crippen molar-refractivity contribution in [1.82, 2.24) is 0 Å². The maximum atomic E-state index is 13.1. The second kappa shape index (κ2) is 5.43. The Hall–Kier alpha value is -1.66. The molecule has 6 heteroatoms. The van der Waals surface area contributed by atoms with Crippen molar-refractivity contribution in [2.75, 3.05) is 11.4 Å². The topological polar surface area (TPSA) is 55.8 Å². The van der Waals surface area contributed by atoms with Crippen LogP contribution in [0.3, 0.4) is 0 Å². The SMILES string of the molecule is CC(C)OC(=O)[C@H]1[C@@H]2C=C[C@@]3(CN(c4ccc(Br)cc4)C(=O)[C@H]13)O2. The molecule has 0 aromatic heterocycles. The fraction of sp³-hybridized carbons (Fsp3) is 0.444. The molecule has 1 aromatic rings. The van der Waals surface area contributed by atoms with E-state index in [1.807, 2.05) is 50.3 Å². The number of halogens is 1. The molecule has 2 fully saturated rings. The molecular weight excluding hydrogens is 374 g/mol. The molecule has 126 valence electrons. The molecule has 0 radical (unpaired) electrons. The summed E-state index contributed by atoms with van der Waals surface area (Å²) in [5.41, 5.74) is 0.0959. The van der Waals surface area contributed by atoms with E-state index in [0.717, 1.165) is 10.2 Å². The van der Waals surface area contributed by atoms with Gasteiger partial charge in [-0.1, -0.05) is 28.1 Å². The Morgan fingerprint density at radius 3 is 2.75 bits per heavy atom. The predicted molar refractivity (Wildman–Crippen MR) is 91.4 cm³/mol. The Morgan fingerprint density at radius 2 is 2.08 bits per heavy atom. The van der Waals surface area contributed by atoms with Crippen molar-refractivity contribution < 1.29 is 19.1 Å². The van der Waals surface area contributed by atoms with Gasteiger partial charge < -0.3 is 14.4 Å². The fourth-order valence-corrected chi connectivity index (χ4v) is 4.18. The summed E-state index contributed by atoms with van der Waals surface area (Å²) in [7, 11) is 0. The van der Waals surface area contributed by atoms with E-state index in [1.54, 1.807) is 4.90 Å². The number of amides is 1. The van der Waals surface area contributed by atoms with E-state index in [1.165, 1.54) is 0 Å². The summed E-state index contributed by atoms with van der Waals surface area (Å²) in [5.74, 6) is -1.50. The van der Waals surface area contributed by atoms with Crippen molar-refractivity contribution in [3.8, 4) is 0 Å². The van der Waals surface area contributed by atoms with Gasteiger partial charge in [0.1, 0.15) is 11.5 Å². The minimum atomic E-state index is -0.713. The molecule has 0 aliphatic carbocycles. The van der Waals surface area contributed by atoms with Crippen molar-refractivity contribution in [2.45, 2.75) is 31.7 Å². The average molecular weight is 392 g/mol. The molecule has 4 rings (SSSR count). The highest BCUT2D eigenvalue weighted by Gasteiger charge is 2.67. The van der Waals surface area contributed by atoms with E-state index in [9.17, 15) is 9.59 Å². The van der Waals surface area contributed by atoms with E-state index in [4.69, 9.17) is 9.47 Å². The molecule has 24 heavy (non-hydrogen) atoms. The number of carbonyl (C=O) groups excluding carboxylic acids is 2. The fourth-order valence-electron chi connectivity index (χ4n) is 3.92. The molecule has 5 nitrogen and oxygen atoms in total. The molecule has 4 atom stereocenters. The second-order valence-electron chi connectivity index (χ2n) is 6.79. The monoisotopic (exact) mass is 391 g/mol. The van der Waals surface area contributed by atoms with Gasteiger partial charge in [0, 0.05) is 10.2 Å². The minimum Gasteiger partial charge on any atom is -0.463 e. The largest absolute Gasteiger partial charge is 0.463 e. The van der Waals surface area contributed by atoms with Gasteiger partial charge in [0.15, 0.2) is 0 Å². The van der Waals surface area contributed by atoms with Gasteiger partial charge in [0.05, 0.1) is 24.7 Å². The van der Waals surface area contributed by atoms with Crippen LogP contribution in [-0.4, -0.2) is 36.2 Å². The Bertz CT molecular complexity index is 729. The van der Waals surface area contributed by atoms with Crippen LogP contribution in [0.15, 0.2) is 40.9 Å². The first-order valence-corrected chi connectivity index (χ1v) is 8.85. The van der Waals surface area contributed by atoms with Crippen LogP contribution < -0.4 is 4.90 Å². The number of ether oxygens (including phenoxy) is 2. The van der Waals surface area contributed by atoms with Gasteiger partial charge >= 0.3 is 5.97 Å². The lowest BCUT2D eigenvalue weighted by Crippen LogP contribution is -2.40. The lowest BCUT2D eigenvalue weighted by molar-refractivity contribution is -0.156. The summed E-state index contributed by atoms with van der Waals surface area (Å²) in [5, 5.41) is 0. The third-order valence-corrected chi connectivity index (χ3v) is 5.39. The first-order valence-electron chi connectivity index (χ1n) is 8.06. The molecule has 0 saturated carbocycles. The lowest BCUT2D eigenvalue weighted by atomic mass is 9.77. The number of rotatable bonds is 3. The van der Waals surface area contributed by atoms with Crippen molar-refractivity contribution in [1.29, 1.82) is 0 Å². The number of carbonyl (C=O) groups is 2. The molecule has 3 aliphatic rings. The van der Waals surface area contributed by atoms with Gasteiger partial charge in [-0.15, -0.1) is 0 Å². The molecule has 0 unspecified atom stereocenters. The minimum absolute atomic E-state index is 0.0742. The number of nitrogens with zero attached hydrogens (tertiary/aromatic N) is 1. The summed E-state index contributed by atoms with van der Waals surface area (Å²) in [6.45, 7) is 4.04. The van der Waals surface area contributed by atoms with Crippen LogP contribution in [0.4, 0.5) is 5.69 Å². The highest BCUT2D eigenvalue weighted by molar-refractivity contribution is 9.10. The van der Waals surface area contributed by atoms with Crippen LogP contribution in [0.1, 0.15) is 13.8 Å². The van der Waals surface area contributed by atoms with Gasteiger partial charge in [0.2, 0.25) is 5.91 Å². The zero-order valence-corrected chi connectivity index (χ0v) is 15.0. The Kier molecular flexibility index (Phi) is 3.58. The van der Waals surface area contributed by atoms with Crippen LogP contribution in [0, 0.1) is 11.8 Å². The second-order valence-corrected chi connectivity index (χ2v) is 7.70. The molecule has 1 amide bonds. The summed E-state index contributed by atoms with van der Waals surface area (Å²) in [6, 6.07) is 7.56. The third kappa shape index (κ3) is 2.24. The van der Waals surface area contributed by atoms with Gasteiger partial charge in [-0.3, -0.25) is 9.59 Å². The first-order chi connectivity index (χ1) is 11.4. The number of hydrogen-bond donors (Lipinski definition) is 0. The first kappa shape index (κ1) is 15.8. The van der Waals surface area contributed by atoms with E-state index in [0.29, 0.717) is 6.54 Å². The van der Waals surface area contributed by atoms with Crippen molar-refractivity contribution in [2.24, 2.45) is 11.8 Å². The molecule has 1 aromatic carbocycles. The number of esters is 1. The zero-order chi connectivity index (χ0) is 17.1. The van der Waals surface area contributed by atoms with E-state index < -0.39 is 17.4 Å². The van der Waals surface area contributed by atoms with Crippen LogP contribution in [0.25, 0.3) is 0 Å². The highest BCUT2D eigenvalue weighted by Crippen LogP contribution is 2.53. The molecular formula is C18H18BrNO4. The number of hydrogen-bond acceptors (Lipinski definition) is 4. The van der Waals surface area contributed by atoms with E-state index >= 15 is 0 Å². The number of fused-ring (bicyclic) bond motifs is 1. The molecule has 2 bridgehead atoms. The van der Waals surface area contributed by atoms with Crippen LogP contribution in [-0.2, 0) is 19.1 Å².